The molecule has 1 aliphatic carbocycles. The molecule has 1 saturated carbocycles. The van der Waals surface area contributed by atoms with Gasteiger partial charge in [0.1, 0.15) is 12.6 Å². The van der Waals surface area contributed by atoms with Gasteiger partial charge in [-0.3, -0.25) is 9.59 Å². The summed E-state index contributed by atoms with van der Waals surface area (Å²) in [5, 5.41) is 26.2. The van der Waals surface area contributed by atoms with Crippen LogP contribution in [-0.2, 0) is 27.4 Å². The number of β-amino-alcohol motifs (C(OH)–C–C–N with tert-alkyl or cyclic N) is 1. The van der Waals surface area contributed by atoms with Crippen LogP contribution >= 0.6 is 0 Å². The van der Waals surface area contributed by atoms with Gasteiger partial charge in [0.05, 0.1) is 24.6 Å². The maximum atomic E-state index is 13.6. The standard InChI is InChI=1S/C33H44N4O5/c1-33(2,3)37(31(40)26-17-11-6-12-18-26)22-29(38)28(21-24-13-7-4-8-14-24)35-30(39)27(19-20-34)36-32(41)42-23-25-15-9-5-10-16-25/h4-5,7-10,13-16,26-29,38H,6,11-12,17-19,21-23H2,1-3H3,(H,35,39)(H,36,41)/t27-,28-,29+/m0/s1. The highest BCUT2D eigenvalue weighted by Gasteiger charge is 2.36. The van der Waals surface area contributed by atoms with Crippen LogP contribution in [0.3, 0.4) is 0 Å². The van der Waals surface area contributed by atoms with Crippen LogP contribution in [0.4, 0.5) is 4.79 Å². The van der Waals surface area contributed by atoms with Crippen molar-refractivity contribution in [1.29, 1.82) is 5.26 Å². The molecule has 0 saturated heterocycles. The van der Waals surface area contributed by atoms with Crippen LogP contribution in [0, 0.1) is 17.2 Å². The maximum absolute atomic E-state index is 13.6. The summed E-state index contributed by atoms with van der Waals surface area (Å²) in [4.78, 5) is 41.2. The molecule has 0 aliphatic heterocycles. The highest BCUT2D eigenvalue weighted by Crippen LogP contribution is 2.28. The molecule has 226 valence electrons. The van der Waals surface area contributed by atoms with Crippen molar-refractivity contribution in [3.63, 3.8) is 0 Å². The predicted octanol–water partition coefficient (Wildman–Crippen LogP) is 4.49. The molecule has 2 aromatic carbocycles. The van der Waals surface area contributed by atoms with E-state index in [4.69, 9.17) is 4.74 Å². The summed E-state index contributed by atoms with van der Waals surface area (Å²) in [5.74, 6) is -0.663. The molecule has 0 radical (unpaired) electrons. The zero-order chi connectivity index (χ0) is 30.5. The lowest BCUT2D eigenvalue weighted by Gasteiger charge is -2.41. The molecule has 9 heteroatoms. The molecule has 2 aromatic rings. The minimum Gasteiger partial charge on any atom is -0.445 e. The Kier molecular flexibility index (Phi) is 12.4. The van der Waals surface area contributed by atoms with Crippen molar-refractivity contribution in [3.05, 3.63) is 71.8 Å². The monoisotopic (exact) mass is 576 g/mol. The molecule has 1 aliphatic rings. The summed E-state index contributed by atoms with van der Waals surface area (Å²) in [6.07, 6.45) is 2.93. The second kappa shape index (κ2) is 15.9. The third-order valence-corrected chi connectivity index (χ3v) is 7.61. The summed E-state index contributed by atoms with van der Waals surface area (Å²) < 4.78 is 5.24. The van der Waals surface area contributed by atoms with Gasteiger partial charge in [0.25, 0.3) is 0 Å². The van der Waals surface area contributed by atoms with Crippen LogP contribution in [0.15, 0.2) is 60.7 Å². The van der Waals surface area contributed by atoms with E-state index >= 15 is 0 Å². The molecular formula is C33H44N4O5. The average molecular weight is 577 g/mol. The Balaban J connectivity index is 1.74. The van der Waals surface area contributed by atoms with E-state index in [0.717, 1.165) is 43.2 Å². The fourth-order valence-corrected chi connectivity index (χ4v) is 5.22. The minimum atomic E-state index is -1.19. The Bertz CT molecular complexity index is 1190. The molecule has 3 amide bonds. The Morgan fingerprint density at radius 2 is 1.57 bits per heavy atom. The number of benzene rings is 2. The molecule has 0 heterocycles. The lowest BCUT2D eigenvalue weighted by Crippen LogP contribution is -2.58. The number of ether oxygens (including phenoxy) is 1. The van der Waals surface area contributed by atoms with Crippen molar-refractivity contribution in [2.45, 2.75) is 96.1 Å². The highest BCUT2D eigenvalue weighted by molar-refractivity contribution is 5.86. The average Bonchev–Trinajstić information content (AvgIpc) is 2.98. The third kappa shape index (κ3) is 10.2. The topological polar surface area (TPSA) is 132 Å². The van der Waals surface area contributed by atoms with Gasteiger partial charge in [0.15, 0.2) is 0 Å². The largest absolute Gasteiger partial charge is 0.445 e. The molecule has 0 unspecified atom stereocenters. The fourth-order valence-electron chi connectivity index (χ4n) is 5.22. The van der Waals surface area contributed by atoms with Gasteiger partial charge < -0.3 is 25.4 Å². The normalized spacial score (nSPS) is 15.9. The van der Waals surface area contributed by atoms with Gasteiger partial charge in [-0.1, -0.05) is 79.9 Å². The first-order valence-electron chi connectivity index (χ1n) is 14.8. The number of aliphatic hydroxyl groups is 1. The zero-order valence-corrected chi connectivity index (χ0v) is 24.9. The number of amides is 3. The maximum Gasteiger partial charge on any atom is 0.408 e. The Morgan fingerprint density at radius 1 is 0.976 bits per heavy atom. The van der Waals surface area contributed by atoms with Gasteiger partial charge in [0, 0.05) is 18.0 Å². The van der Waals surface area contributed by atoms with E-state index in [0.29, 0.717) is 6.42 Å². The van der Waals surface area contributed by atoms with Crippen LogP contribution in [0.5, 0.6) is 0 Å². The SMILES string of the molecule is CC(C)(C)N(C[C@@H](O)[C@H](Cc1ccccc1)NC(=O)[C@H](CC#N)NC(=O)OCc1ccccc1)C(=O)C1CCCCC1. The first-order chi connectivity index (χ1) is 20.1. The molecular weight excluding hydrogens is 532 g/mol. The number of carbonyl (C=O) groups is 3. The van der Waals surface area contributed by atoms with E-state index < -0.39 is 35.7 Å². The van der Waals surface area contributed by atoms with Crippen molar-refractivity contribution in [1.82, 2.24) is 15.5 Å². The number of nitrogens with zero attached hydrogens (tertiary/aromatic N) is 2. The van der Waals surface area contributed by atoms with Crippen molar-refractivity contribution >= 4 is 17.9 Å². The van der Waals surface area contributed by atoms with E-state index in [-0.39, 0.29) is 31.4 Å². The number of aliphatic hydroxyl groups excluding tert-OH is 1. The van der Waals surface area contributed by atoms with Crippen molar-refractivity contribution in [2.24, 2.45) is 5.92 Å². The molecule has 3 N–H and O–H groups in total. The van der Waals surface area contributed by atoms with Gasteiger partial charge in [-0.2, -0.15) is 5.26 Å². The number of alkyl carbamates (subject to hydrolysis) is 1. The fraction of sp³-hybridized carbons (Fsp3) is 0.515. The van der Waals surface area contributed by atoms with Crippen LogP contribution < -0.4 is 10.6 Å². The van der Waals surface area contributed by atoms with Gasteiger partial charge in [-0.25, -0.2) is 4.79 Å². The molecule has 9 nitrogen and oxygen atoms in total. The Morgan fingerprint density at radius 3 is 2.14 bits per heavy atom. The van der Waals surface area contributed by atoms with E-state index in [9.17, 15) is 24.8 Å². The first-order valence-corrected chi connectivity index (χ1v) is 14.8. The van der Waals surface area contributed by atoms with E-state index in [1.54, 1.807) is 4.90 Å². The quantitative estimate of drug-likeness (QED) is 0.341. The van der Waals surface area contributed by atoms with Gasteiger partial charge in [-0.15, -0.1) is 0 Å². The van der Waals surface area contributed by atoms with Gasteiger partial charge >= 0.3 is 6.09 Å². The number of nitriles is 1. The molecule has 3 rings (SSSR count). The van der Waals surface area contributed by atoms with Gasteiger partial charge in [-0.05, 0) is 51.2 Å². The number of hydrogen-bond donors (Lipinski definition) is 3. The third-order valence-electron chi connectivity index (χ3n) is 7.61. The number of rotatable bonds is 12. The molecule has 0 aromatic heterocycles. The number of nitrogens with one attached hydrogen (secondary N) is 2. The van der Waals surface area contributed by atoms with Gasteiger partial charge in [0.2, 0.25) is 11.8 Å². The minimum absolute atomic E-state index is 0.0145. The predicted molar refractivity (Wildman–Crippen MR) is 160 cm³/mol. The molecule has 0 bridgehead atoms. The van der Waals surface area contributed by atoms with Crippen LogP contribution in [0.2, 0.25) is 0 Å². The summed E-state index contributed by atoms with van der Waals surface area (Å²) in [5.41, 5.74) is 1.13. The number of carbonyl (C=O) groups excluding carboxylic acids is 3. The summed E-state index contributed by atoms with van der Waals surface area (Å²) in [7, 11) is 0. The van der Waals surface area contributed by atoms with E-state index in [1.165, 1.54) is 0 Å². The van der Waals surface area contributed by atoms with Crippen LogP contribution in [0.1, 0.15) is 70.4 Å². The molecule has 42 heavy (non-hydrogen) atoms. The zero-order valence-electron chi connectivity index (χ0n) is 24.9. The van der Waals surface area contributed by atoms with E-state index in [1.807, 2.05) is 87.5 Å². The smallest absolute Gasteiger partial charge is 0.408 e. The van der Waals surface area contributed by atoms with Crippen LogP contribution in [-0.4, -0.2) is 58.2 Å². The van der Waals surface area contributed by atoms with Crippen molar-refractivity contribution < 1.29 is 24.2 Å². The van der Waals surface area contributed by atoms with Crippen molar-refractivity contribution in [2.75, 3.05) is 6.54 Å². The van der Waals surface area contributed by atoms with Crippen LogP contribution in [0.25, 0.3) is 0 Å². The lowest BCUT2D eigenvalue weighted by atomic mass is 9.86. The second-order valence-electron chi connectivity index (χ2n) is 11.9. The Hall–Kier alpha value is -3.90. The molecule has 3 atom stereocenters. The summed E-state index contributed by atoms with van der Waals surface area (Å²) in [6, 6.07) is 18.5. The number of hydrogen-bond acceptors (Lipinski definition) is 6. The Labute approximate surface area is 249 Å². The first kappa shape index (κ1) is 32.6. The molecule has 0 spiro atoms. The lowest BCUT2D eigenvalue weighted by molar-refractivity contribution is -0.144. The summed E-state index contributed by atoms with van der Waals surface area (Å²) in [6.45, 7) is 5.88. The highest BCUT2D eigenvalue weighted by atomic mass is 16.5. The second-order valence-corrected chi connectivity index (χ2v) is 11.9. The van der Waals surface area contributed by atoms with E-state index in [2.05, 4.69) is 10.6 Å². The molecule has 1 fully saturated rings. The summed E-state index contributed by atoms with van der Waals surface area (Å²) >= 11 is 0. The van der Waals surface area contributed by atoms with Crippen molar-refractivity contribution in [3.8, 4) is 6.07 Å².